The highest BCUT2D eigenvalue weighted by Crippen LogP contribution is 2.41. The summed E-state index contributed by atoms with van der Waals surface area (Å²) in [4.78, 5) is 0. The zero-order valence-corrected chi connectivity index (χ0v) is 15.0. The largest absolute Gasteiger partial charge is 0.507 e. The van der Waals surface area contributed by atoms with Crippen LogP contribution in [0, 0.1) is 5.92 Å². The molecular formula is C19H32O2. The lowest BCUT2D eigenvalue weighted by molar-refractivity contribution is 0.287. The molecule has 1 aromatic carbocycles. The second-order valence-corrected chi connectivity index (χ2v) is 8.40. The predicted molar refractivity (Wildman–Crippen MR) is 90.5 cm³/mol. The normalized spacial score (nSPS) is 12.8. The predicted octanol–water partition coefficient (Wildman–Crippen LogP) is 5.41. The lowest BCUT2D eigenvalue weighted by atomic mass is 9.79. The molecule has 1 N–H and O–H groups in total. The molecule has 2 heteroatoms. The zero-order valence-electron chi connectivity index (χ0n) is 15.0. The molecule has 0 unspecified atom stereocenters. The molecule has 0 saturated heterocycles. The third-order valence-corrected chi connectivity index (χ3v) is 3.66. The Morgan fingerprint density at radius 3 is 1.71 bits per heavy atom. The molecule has 120 valence electrons. The molecule has 0 aliphatic rings. The molecule has 2 nitrogen and oxygen atoms in total. The van der Waals surface area contributed by atoms with Crippen molar-refractivity contribution in [3.8, 4) is 11.5 Å². The molecular weight excluding hydrogens is 260 g/mol. The number of aromatic hydroxyl groups is 1. The van der Waals surface area contributed by atoms with Gasteiger partial charge in [-0.05, 0) is 35.3 Å². The van der Waals surface area contributed by atoms with Gasteiger partial charge in [0.1, 0.15) is 11.5 Å². The first-order valence-electron chi connectivity index (χ1n) is 7.93. The first-order valence-corrected chi connectivity index (χ1v) is 7.93. The van der Waals surface area contributed by atoms with E-state index >= 15 is 0 Å². The summed E-state index contributed by atoms with van der Waals surface area (Å²) in [6.07, 6.45) is 1.04. The maximum atomic E-state index is 10.6. The quantitative estimate of drug-likeness (QED) is 0.803. The van der Waals surface area contributed by atoms with Crippen molar-refractivity contribution in [3.05, 3.63) is 23.3 Å². The summed E-state index contributed by atoms with van der Waals surface area (Å²) in [6, 6.07) is 3.98. The topological polar surface area (TPSA) is 29.5 Å². The van der Waals surface area contributed by atoms with Crippen molar-refractivity contribution in [3.63, 3.8) is 0 Å². The minimum absolute atomic E-state index is 0.110. The SMILES string of the molecule is CC(C)CCOc1cc(C(C)(C)C)c(O)c(C(C)(C)C)c1. The summed E-state index contributed by atoms with van der Waals surface area (Å²) in [5.41, 5.74) is 1.69. The average Bonchev–Trinajstić information content (AvgIpc) is 2.27. The van der Waals surface area contributed by atoms with Crippen LogP contribution in [-0.4, -0.2) is 11.7 Å². The van der Waals surface area contributed by atoms with E-state index in [0.29, 0.717) is 11.7 Å². The van der Waals surface area contributed by atoms with Crippen LogP contribution in [0.2, 0.25) is 0 Å². The average molecular weight is 292 g/mol. The Labute approximate surface area is 130 Å². The first kappa shape index (κ1) is 17.9. The highest BCUT2D eigenvalue weighted by Gasteiger charge is 2.26. The molecule has 0 bridgehead atoms. The van der Waals surface area contributed by atoms with Crippen LogP contribution >= 0.6 is 0 Å². The number of phenols is 1. The maximum Gasteiger partial charge on any atom is 0.123 e. The molecule has 21 heavy (non-hydrogen) atoms. The Hall–Kier alpha value is -1.18. The standard InChI is InChI=1S/C19H32O2/c1-13(2)9-10-21-14-11-15(18(3,4)5)17(20)16(12-14)19(6,7)8/h11-13,20H,9-10H2,1-8H3. The molecule has 0 amide bonds. The lowest BCUT2D eigenvalue weighted by Gasteiger charge is -2.28. The molecule has 1 rings (SSSR count). The summed E-state index contributed by atoms with van der Waals surface area (Å²) in [5.74, 6) is 1.90. The number of hydrogen-bond donors (Lipinski definition) is 1. The van der Waals surface area contributed by atoms with E-state index in [4.69, 9.17) is 4.74 Å². The molecule has 1 aromatic rings. The first-order chi connectivity index (χ1) is 9.43. The molecule has 0 aliphatic heterocycles. The van der Waals surface area contributed by atoms with Crippen molar-refractivity contribution in [2.45, 2.75) is 72.6 Å². The van der Waals surface area contributed by atoms with Crippen molar-refractivity contribution < 1.29 is 9.84 Å². The van der Waals surface area contributed by atoms with E-state index in [1.165, 1.54) is 0 Å². The Morgan fingerprint density at radius 1 is 0.952 bits per heavy atom. The van der Waals surface area contributed by atoms with Gasteiger partial charge in [0.15, 0.2) is 0 Å². The molecule has 0 aliphatic carbocycles. The van der Waals surface area contributed by atoms with Gasteiger partial charge in [0, 0.05) is 11.1 Å². The second kappa shape index (κ2) is 6.29. The number of hydrogen-bond acceptors (Lipinski definition) is 2. The van der Waals surface area contributed by atoms with Gasteiger partial charge in [-0.1, -0.05) is 55.4 Å². The number of ether oxygens (including phenoxy) is 1. The zero-order chi connectivity index (χ0) is 16.4. The van der Waals surface area contributed by atoms with Crippen LogP contribution in [0.1, 0.15) is 72.9 Å². The highest BCUT2D eigenvalue weighted by atomic mass is 16.5. The van der Waals surface area contributed by atoms with E-state index in [1.807, 2.05) is 12.1 Å². The second-order valence-electron chi connectivity index (χ2n) is 8.40. The highest BCUT2D eigenvalue weighted by molar-refractivity contribution is 5.51. The summed E-state index contributed by atoms with van der Waals surface area (Å²) < 4.78 is 5.93. The van der Waals surface area contributed by atoms with Gasteiger partial charge in [0.05, 0.1) is 6.61 Å². The number of rotatable bonds is 4. The molecule has 0 radical (unpaired) electrons. The molecule has 0 fully saturated rings. The van der Waals surface area contributed by atoms with Gasteiger partial charge in [0.25, 0.3) is 0 Å². The fourth-order valence-electron chi connectivity index (χ4n) is 2.25. The molecule has 0 heterocycles. The van der Waals surface area contributed by atoms with Gasteiger partial charge in [-0.15, -0.1) is 0 Å². The fraction of sp³-hybridized carbons (Fsp3) is 0.684. The Morgan fingerprint density at radius 2 is 1.38 bits per heavy atom. The van der Waals surface area contributed by atoms with Crippen LogP contribution in [0.25, 0.3) is 0 Å². The minimum atomic E-state index is -0.110. The third-order valence-electron chi connectivity index (χ3n) is 3.66. The van der Waals surface area contributed by atoms with Crippen LogP contribution in [0.5, 0.6) is 11.5 Å². The maximum absolute atomic E-state index is 10.6. The van der Waals surface area contributed by atoms with Gasteiger partial charge < -0.3 is 9.84 Å². The van der Waals surface area contributed by atoms with Gasteiger partial charge in [-0.25, -0.2) is 0 Å². The van der Waals surface area contributed by atoms with E-state index in [-0.39, 0.29) is 10.8 Å². The minimum Gasteiger partial charge on any atom is -0.507 e. The Balaban J connectivity index is 3.21. The van der Waals surface area contributed by atoms with E-state index in [0.717, 1.165) is 29.9 Å². The summed E-state index contributed by atoms with van der Waals surface area (Å²) in [5, 5.41) is 10.6. The van der Waals surface area contributed by atoms with Crippen molar-refractivity contribution >= 4 is 0 Å². The molecule has 0 aromatic heterocycles. The monoisotopic (exact) mass is 292 g/mol. The van der Waals surface area contributed by atoms with Crippen LogP contribution in [0.4, 0.5) is 0 Å². The smallest absolute Gasteiger partial charge is 0.123 e. The molecule has 0 saturated carbocycles. The van der Waals surface area contributed by atoms with Gasteiger partial charge in [-0.3, -0.25) is 0 Å². The van der Waals surface area contributed by atoms with Crippen LogP contribution in [0.15, 0.2) is 12.1 Å². The summed E-state index contributed by atoms with van der Waals surface area (Å²) >= 11 is 0. The van der Waals surface area contributed by atoms with Crippen molar-refractivity contribution in [1.29, 1.82) is 0 Å². The van der Waals surface area contributed by atoms with Gasteiger partial charge in [-0.2, -0.15) is 0 Å². The van der Waals surface area contributed by atoms with E-state index in [2.05, 4.69) is 55.4 Å². The van der Waals surface area contributed by atoms with Crippen molar-refractivity contribution in [2.75, 3.05) is 6.61 Å². The molecule has 0 spiro atoms. The van der Waals surface area contributed by atoms with E-state index in [1.54, 1.807) is 0 Å². The van der Waals surface area contributed by atoms with Crippen LogP contribution < -0.4 is 4.74 Å². The summed E-state index contributed by atoms with van der Waals surface area (Å²) in [7, 11) is 0. The number of benzene rings is 1. The Bertz CT molecular complexity index is 438. The van der Waals surface area contributed by atoms with Crippen LogP contribution in [0.3, 0.4) is 0 Å². The van der Waals surface area contributed by atoms with Gasteiger partial charge in [0.2, 0.25) is 0 Å². The number of phenolic OH excluding ortho intramolecular Hbond substituents is 1. The van der Waals surface area contributed by atoms with E-state index in [9.17, 15) is 5.11 Å². The summed E-state index contributed by atoms with van der Waals surface area (Å²) in [6.45, 7) is 17.8. The third kappa shape index (κ3) is 4.94. The lowest BCUT2D eigenvalue weighted by Crippen LogP contribution is -2.17. The van der Waals surface area contributed by atoms with Gasteiger partial charge >= 0.3 is 0 Å². The Kier molecular flexibility index (Phi) is 5.35. The van der Waals surface area contributed by atoms with Crippen molar-refractivity contribution in [1.82, 2.24) is 0 Å². The van der Waals surface area contributed by atoms with Crippen LogP contribution in [-0.2, 0) is 10.8 Å². The molecule has 0 atom stereocenters. The van der Waals surface area contributed by atoms with E-state index < -0.39 is 0 Å². The fourth-order valence-corrected chi connectivity index (χ4v) is 2.25. The van der Waals surface area contributed by atoms with Crippen molar-refractivity contribution in [2.24, 2.45) is 5.92 Å².